The lowest BCUT2D eigenvalue weighted by atomic mass is 10.1. The smallest absolute Gasteiger partial charge is 0.358 e. The molecular weight excluding hydrogens is 262 g/mol. The van der Waals surface area contributed by atoms with Crippen molar-refractivity contribution in [2.75, 3.05) is 0 Å². The number of carbonyl (C=O) groups is 1. The Bertz CT molecular complexity index is 718. The van der Waals surface area contributed by atoms with E-state index in [0.717, 1.165) is 16.0 Å². The number of aromatic nitrogens is 5. The van der Waals surface area contributed by atoms with E-state index in [9.17, 15) is 4.79 Å². The molecule has 0 bridgehead atoms. The molecule has 100 valence electrons. The number of benzene rings is 1. The molecule has 3 aromatic rings. The molecule has 2 N–H and O–H groups in total. The summed E-state index contributed by atoms with van der Waals surface area (Å²) in [6, 6.07) is 7.19. The number of H-pyrrole nitrogens is 1. The summed E-state index contributed by atoms with van der Waals surface area (Å²) in [6.45, 7) is 0. The van der Waals surface area contributed by atoms with E-state index in [1.165, 1.54) is 6.20 Å². The second-order valence-corrected chi connectivity index (χ2v) is 3.91. The minimum absolute atomic E-state index is 0.181. The van der Waals surface area contributed by atoms with Gasteiger partial charge in [-0.3, -0.25) is 5.10 Å². The van der Waals surface area contributed by atoms with Crippen LogP contribution < -0.4 is 4.84 Å². The lowest BCUT2D eigenvalue weighted by Crippen LogP contribution is -2.05. The standard InChI is InChI=1S/C12H9N5O3/c18-12(19)11-7-17(16-15-11)20-10-3-1-8(2-4-10)9-5-13-14-6-9/h1-7H,(H,13,14)(H,18,19). The highest BCUT2D eigenvalue weighted by Gasteiger charge is 2.09. The fourth-order valence-electron chi connectivity index (χ4n) is 1.62. The summed E-state index contributed by atoms with van der Waals surface area (Å²) in [5.74, 6) is -0.644. The van der Waals surface area contributed by atoms with Crippen LogP contribution in [0.1, 0.15) is 10.5 Å². The van der Waals surface area contributed by atoms with Crippen LogP contribution >= 0.6 is 0 Å². The maximum Gasteiger partial charge on any atom is 0.358 e. The number of aromatic amines is 1. The van der Waals surface area contributed by atoms with E-state index in [-0.39, 0.29) is 5.69 Å². The lowest BCUT2D eigenvalue weighted by molar-refractivity contribution is 0.0690. The van der Waals surface area contributed by atoms with E-state index in [0.29, 0.717) is 5.75 Å². The molecule has 1 aromatic carbocycles. The highest BCUT2D eigenvalue weighted by Crippen LogP contribution is 2.21. The summed E-state index contributed by atoms with van der Waals surface area (Å²) in [6.07, 6.45) is 4.69. The number of nitrogens with one attached hydrogen (secondary N) is 1. The largest absolute Gasteiger partial charge is 0.476 e. The van der Waals surface area contributed by atoms with E-state index in [4.69, 9.17) is 9.94 Å². The van der Waals surface area contributed by atoms with Gasteiger partial charge in [-0.1, -0.05) is 17.0 Å². The molecule has 0 aliphatic carbocycles. The number of hydrogen-bond donors (Lipinski definition) is 2. The van der Waals surface area contributed by atoms with E-state index in [1.54, 1.807) is 24.5 Å². The van der Waals surface area contributed by atoms with Gasteiger partial charge in [0.1, 0.15) is 6.20 Å². The molecule has 0 atom stereocenters. The van der Waals surface area contributed by atoms with E-state index in [2.05, 4.69) is 20.5 Å². The summed E-state index contributed by atoms with van der Waals surface area (Å²) in [5.41, 5.74) is 1.77. The quantitative estimate of drug-likeness (QED) is 0.738. The van der Waals surface area contributed by atoms with Crippen molar-refractivity contribution in [3.8, 4) is 16.9 Å². The number of rotatable bonds is 4. The Morgan fingerprint density at radius 2 is 2.05 bits per heavy atom. The third-order valence-corrected chi connectivity index (χ3v) is 2.58. The summed E-state index contributed by atoms with van der Waals surface area (Å²) >= 11 is 0. The maximum atomic E-state index is 10.7. The first-order chi connectivity index (χ1) is 9.72. The molecule has 8 nitrogen and oxygen atoms in total. The Hall–Kier alpha value is -3.16. The molecule has 20 heavy (non-hydrogen) atoms. The van der Waals surface area contributed by atoms with E-state index in [1.807, 2.05) is 12.1 Å². The molecule has 0 saturated heterocycles. The van der Waals surface area contributed by atoms with Gasteiger partial charge in [0.05, 0.1) is 6.20 Å². The van der Waals surface area contributed by atoms with Crippen molar-refractivity contribution in [2.45, 2.75) is 0 Å². The Labute approximate surface area is 112 Å². The summed E-state index contributed by atoms with van der Waals surface area (Å²) in [4.78, 5) is 17.0. The van der Waals surface area contributed by atoms with Crippen molar-refractivity contribution in [3.63, 3.8) is 0 Å². The van der Waals surface area contributed by atoms with Gasteiger partial charge in [0, 0.05) is 11.8 Å². The van der Waals surface area contributed by atoms with Gasteiger partial charge in [-0.15, -0.1) is 5.10 Å². The fraction of sp³-hybridized carbons (Fsp3) is 0. The maximum absolute atomic E-state index is 10.7. The minimum atomic E-state index is -1.16. The van der Waals surface area contributed by atoms with Gasteiger partial charge in [0.2, 0.25) is 0 Å². The molecule has 2 heterocycles. The van der Waals surface area contributed by atoms with Crippen LogP contribution in [0.3, 0.4) is 0 Å². The molecule has 8 heteroatoms. The third kappa shape index (κ3) is 2.34. The van der Waals surface area contributed by atoms with Gasteiger partial charge in [-0.05, 0) is 22.9 Å². The van der Waals surface area contributed by atoms with Crippen molar-refractivity contribution in [3.05, 3.63) is 48.5 Å². The normalized spacial score (nSPS) is 10.4. The Morgan fingerprint density at radius 1 is 1.25 bits per heavy atom. The van der Waals surface area contributed by atoms with Crippen molar-refractivity contribution in [1.29, 1.82) is 0 Å². The molecule has 2 aromatic heterocycles. The Balaban J connectivity index is 1.76. The van der Waals surface area contributed by atoms with Gasteiger partial charge in [-0.25, -0.2) is 4.79 Å². The van der Waals surface area contributed by atoms with Crippen molar-refractivity contribution < 1.29 is 14.7 Å². The summed E-state index contributed by atoms with van der Waals surface area (Å²) < 4.78 is 0. The van der Waals surface area contributed by atoms with Crippen LogP contribution in [0.25, 0.3) is 11.1 Å². The highest BCUT2D eigenvalue weighted by molar-refractivity contribution is 5.84. The van der Waals surface area contributed by atoms with Gasteiger partial charge in [0.25, 0.3) is 0 Å². The van der Waals surface area contributed by atoms with E-state index >= 15 is 0 Å². The van der Waals surface area contributed by atoms with Crippen LogP contribution in [0.15, 0.2) is 42.9 Å². The average Bonchev–Trinajstić information content (AvgIpc) is 3.10. The van der Waals surface area contributed by atoms with Crippen molar-refractivity contribution in [1.82, 2.24) is 25.4 Å². The number of carboxylic acid groups (broad SMARTS) is 1. The predicted octanol–water partition coefficient (Wildman–Crippen LogP) is 1.21. The predicted molar refractivity (Wildman–Crippen MR) is 67.0 cm³/mol. The first-order valence-electron chi connectivity index (χ1n) is 5.65. The second-order valence-electron chi connectivity index (χ2n) is 3.91. The van der Waals surface area contributed by atoms with Crippen LogP contribution in [0.2, 0.25) is 0 Å². The number of carboxylic acids is 1. The molecule has 0 unspecified atom stereocenters. The zero-order valence-corrected chi connectivity index (χ0v) is 10.1. The van der Waals surface area contributed by atoms with Crippen LogP contribution in [-0.2, 0) is 0 Å². The first-order valence-corrected chi connectivity index (χ1v) is 5.65. The molecular formula is C12H9N5O3. The van der Waals surface area contributed by atoms with Crippen LogP contribution in [0.4, 0.5) is 0 Å². The molecule has 0 fully saturated rings. The third-order valence-electron chi connectivity index (χ3n) is 2.58. The molecule has 0 radical (unpaired) electrons. The molecule has 0 saturated carbocycles. The van der Waals surface area contributed by atoms with Crippen LogP contribution in [0.5, 0.6) is 5.75 Å². The lowest BCUT2D eigenvalue weighted by Gasteiger charge is -2.03. The molecule has 0 spiro atoms. The topological polar surface area (TPSA) is 106 Å². The zero-order valence-electron chi connectivity index (χ0n) is 10.1. The van der Waals surface area contributed by atoms with Crippen LogP contribution in [-0.4, -0.2) is 36.4 Å². The minimum Gasteiger partial charge on any atom is -0.476 e. The summed E-state index contributed by atoms with van der Waals surface area (Å²) in [7, 11) is 0. The molecule has 3 rings (SSSR count). The van der Waals surface area contributed by atoms with Crippen molar-refractivity contribution in [2.24, 2.45) is 0 Å². The first kappa shape index (κ1) is 11.9. The number of aromatic carboxylic acids is 1. The fourth-order valence-corrected chi connectivity index (χ4v) is 1.62. The zero-order chi connectivity index (χ0) is 13.9. The molecule has 0 aliphatic heterocycles. The number of hydrogen-bond acceptors (Lipinski definition) is 5. The van der Waals surface area contributed by atoms with E-state index < -0.39 is 5.97 Å². The number of nitrogens with zero attached hydrogens (tertiary/aromatic N) is 4. The van der Waals surface area contributed by atoms with Gasteiger partial charge >= 0.3 is 5.97 Å². The monoisotopic (exact) mass is 271 g/mol. The SMILES string of the molecule is O=C(O)c1cn(Oc2ccc(-c3cn[nH]c3)cc2)nn1. The highest BCUT2D eigenvalue weighted by atomic mass is 16.7. The molecule has 0 amide bonds. The Morgan fingerprint density at radius 3 is 2.65 bits per heavy atom. The molecule has 0 aliphatic rings. The van der Waals surface area contributed by atoms with Crippen LogP contribution in [0, 0.1) is 0 Å². The van der Waals surface area contributed by atoms with Crippen molar-refractivity contribution >= 4 is 5.97 Å². The van der Waals surface area contributed by atoms with Gasteiger partial charge < -0.3 is 9.94 Å². The second kappa shape index (κ2) is 4.84. The Kier molecular flexibility index (Phi) is 2.88. The average molecular weight is 271 g/mol. The van der Waals surface area contributed by atoms with Gasteiger partial charge in [-0.2, -0.15) is 5.10 Å². The summed E-state index contributed by atoms with van der Waals surface area (Å²) in [5, 5.41) is 22.3. The van der Waals surface area contributed by atoms with Gasteiger partial charge in [0.15, 0.2) is 11.4 Å².